The van der Waals surface area contributed by atoms with E-state index in [0.29, 0.717) is 37.4 Å². The molecule has 1 fully saturated rings. The lowest BCUT2D eigenvalue weighted by molar-refractivity contribution is -0.132. The normalized spacial score (nSPS) is 14.9. The van der Waals surface area contributed by atoms with Crippen molar-refractivity contribution in [3.8, 4) is 5.75 Å². The van der Waals surface area contributed by atoms with Crippen molar-refractivity contribution in [2.24, 2.45) is 0 Å². The first-order valence-electron chi connectivity index (χ1n) is 11.9. The minimum Gasteiger partial charge on any atom is -0.496 e. The van der Waals surface area contributed by atoms with Crippen molar-refractivity contribution in [1.82, 2.24) is 10.2 Å². The molecular weight excluding hydrogens is 424 g/mol. The predicted octanol–water partition coefficient (Wildman–Crippen LogP) is 4.62. The number of carbonyl (C=O) groups is 2. The Hall–Kier alpha value is -3.60. The maximum atomic E-state index is 13.0. The number of ether oxygens (including phenoxy) is 1. The summed E-state index contributed by atoms with van der Waals surface area (Å²) in [7, 11) is 1.57. The van der Waals surface area contributed by atoms with Gasteiger partial charge in [-0.1, -0.05) is 72.8 Å². The average molecular weight is 457 g/mol. The van der Waals surface area contributed by atoms with Gasteiger partial charge in [0.05, 0.1) is 12.7 Å². The Morgan fingerprint density at radius 1 is 0.882 bits per heavy atom. The highest BCUT2D eigenvalue weighted by molar-refractivity contribution is 5.97. The molecule has 3 aromatic rings. The van der Waals surface area contributed by atoms with Crippen LogP contribution in [-0.2, 0) is 16.6 Å². The summed E-state index contributed by atoms with van der Waals surface area (Å²) in [6, 6.07) is 27.7. The van der Waals surface area contributed by atoms with Crippen LogP contribution in [0.15, 0.2) is 84.9 Å². The quantitative estimate of drug-likeness (QED) is 0.538. The number of hydrogen-bond donors (Lipinski definition) is 1. The van der Waals surface area contributed by atoms with Gasteiger partial charge in [0.25, 0.3) is 5.91 Å². The van der Waals surface area contributed by atoms with Gasteiger partial charge in [0.1, 0.15) is 5.75 Å². The summed E-state index contributed by atoms with van der Waals surface area (Å²) in [6.45, 7) is 1.89. The third-order valence-electron chi connectivity index (χ3n) is 6.87. The molecule has 1 N–H and O–H groups in total. The molecule has 0 atom stereocenters. The zero-order valence-corrected chi connectivity index (χ0v) is 19.7. The first-order chi connectivity index (χ1) is 16.6. The molecule has 4 rings (SSSR count). The molecule has 5 heteroatoms. The van der Waals surface area contributed by atoms with E-state index in [4.69, 9.17) is 4.74 Å². The molecule has 0 saturated carbocycles. The molecule has 2 amide bonds. The lowest BCUT2D eigenvalue weighted by atomic mass is 9.72. The van der Waals surface area contributed by atoms with Gasteiger partial charge in [0.15, 0.2) is 0 Å². The SMILES string of the molecule is COc1ccccc1C(=O)NCC1(c2ccccc2)CCN(C(=O)CCc2ccccc2)CC1. The molecule has 0 bridgehead atoms. The molecule has 5 nitrogen and oxygen atoms in total. The number of piperidine rings is 1. The predicted molar refractivity (Wildman–Crippen MR) is 134 cm³/mol. The molecule has 176 valence electrons. The molecule has 1 heterocycles. The van der Waals surface area contributed by atoms with Crippen LogP contribution in [0.5, 0.6) is 5.75 Å². The Labute approximate surface area is 201 Å². The van der Waals surface area contributed by atoms with E-state index >= 15 is 0 Å². The van der Waals surface area contributed by atoms with Crippen molar-refractivity contribution < 1.29 is 14.3 Å². The number of benzene rings is 3. The average Bonchev–Trinajstić information content (AvgIpc) is 2.91. The van der Waals surface area contributed by atoms with E-state index in [1.165, 1.54) is 11.1 Å². The molecule has 0 aromatic heterocycles. The largest absolute Gasteiger partial charge is 0.496 e. The fraction of sp³-hybridized carbons (Fsp3) is 0.310. The van der Waals surface area contributed by atoms with Crippen molar-refractivity contribution in [2.45, 2.75) is 31.1 Å². The molecule has 0 unspecified atom stereocenters. The standard InChI is InChI=1S/C29H32N2O3/c1-34-26-15-9-8-14-25(26)28(33)30-22-29(24-12-6-3-7-13-24)18-20-31(21-19-29)27(32)17-16-23-10-4-2-5-11-23/h2-15H,16-22H2,1H3,(H,30,33). The Bertz CT molecular complexity index is 1090. The summed E-state index contributed by atoms with van der Waals surface area (Å²) in [5.41, 5.74) is 2.70. The number of nitrogens with zero attached hydrogens (tertiary/aromatic N) is 1. The van der Waals surface area contributed by atoms with Crippen molar-refractivity contribution in [3.63, 3.8) is 0 Å². The second-order valence-corrected chi connectivity index (χ2v) is 8.90. The van der Waals surface area contributed by atoms with Crippen LogP contribution in [-0.4, -0.2) is 43.5 Å². The molecular formula is C29H32N2O3. The maximum Gasteiger partial charge on any atom is 0.255 e. The van der Waals surface area contributed by atoms with Crippen molar-refractivity contribution in [1.29, 1.82) is 0 Å². The van der Waals surface area contributed by atoms with Gasteiger partial charge in [0.2, 0.25) is 5.91 Å². The zero-order valence-electron chi connectivity index (χ0n) is 19.7. The summed E-state index contributed by atoms with van der Waals surface area (Å²) in [6.07, 6.45) is 2.89. The van der Waals surface area contributed by atoms with Crippen LogP contribution in [0.25, 0.3) is 0 Å². The number of likely N-dealkylation sites (tertiary alicyclic amines) is 1. The van der Waals surface area contributed by atoms with E-state index in [9.17, 15) is 9.59 Å². The van der Waals surface area contributed by atoms with Crippen LogP contribution in [0, 0.1) is 0 Å². The lowest BCUT2D eigenvalue weighted by Crippen LogP contribution is -2.50. The fourth-order valence-electron chi connectivity index (χ4n) is 4.77. The van der Waals surface area contributed by atoms with Crippen LogP contribution < -0.4 is 10.1 Å². The van der Waals surface area contributed by atoms with E-state index in [2.05, 4.69) is 29.6 Å². The first kappa shape index (κ1) is 23.6. The van der Waals surface area contributed by atoms with Crippen LogP contribution in [0.4, 0.5) is 0 Å². The first-order valence-corrected chi connectivity index (χ1v) is 11.9. The van der Waals surface area contributed by atoms with Crippen LogP contribution in [0.3, 0.4) is 0 Å². The number of rotatable bonds is 8. The topological polar surface area (TPSA) is 58.6 Å². The van der Waals surface area contributed by atoms with Gasteiger partial charge < -0.3 is 15.0 Å². The number of para-hydroxylation sites is 1. The van der Waals surface area contributed by atoms with Crippen LogP contribution in [0.2, 0.25) is 0 Å². The minimum atomic E-state index is -0.213. The van der Waals surface area contributed by atoms with Gasteiger partial charge >= 0.3 is 0 Å². The van der Waals surface area contributed by atoms with Gasteiger partial charge in [-0.25, -0.2) is 0 Å². The third kappa shape index (κ3) is 5.48. The molecule has 0 radical (unpaired) electrons. The zero-order chi connectivity index (χ0) is 23.8. The molecule has 1 aliphatic heterocycles. The van der Waals surface area contributed by atoms with Crippen molar-refractivity contribution in [3.05, 3.63) is 102 Å². The number of methoxy groups -OCH3 is 1. The Balaban J connectivity index is 1.42. The Morgan fingerprint density at radius 3 is 2.18 bits per heavy atom. The highest BCUT2D eigenvalue weighted by Gasteiger charge is 2.37. The van der Waals surface area contributed by atoms with E-state index in [0.717, 1.165) is 19.3 Å². The summed E-state index contributed by atoms with van der Waals surface area (Å²) in [5.74, 6) is 0.616. The van der Waals surface area contributed by atoms with E-state index in [1.54, 1.807) is 19.2 Å². The van der Waals surface area contributed by atoms with Crippen LogP contribution >= 0.6 is 0 Å². The van der Waals surface area contributed by atoms with Crippen molar-refractivity contribution in [2.75, 3.05) is 26.7 Å². The number of carbonyl (C=O) groups excluding carboxylic acids is 2. The molecule has 1 saturated heterocycles. The molecule has 0 aliphatic carbocycles. The molecule has 0 spiro atoms. The number of amides is 2. The van der Waals surface area contributed by atoms with Gasteiger partial charge in [-0.15, -0.1) is 0 Å². The van der Waals surface area contributed by atoms with Crippen molar-refractivity contribution >= 4 is 11.8 Å². The second-order valence-electron chi connectivity index (χ2n) is 8.90. The number of hydrogen-bond acceptors (Lipinski definition) is 3. The van der Waals surface area contributed by atoms with E-state index < -0.39 is 0 Å². The number of aryl methyl sites for hydroxylation is 1. The Kier molecular flexibility index (Phi) is 7.63. The number of nitrogens with one attached hydrogen (secondary N) is 1. The highest BCUT2D eigenvalue weighted by atomic mass is 16.5. The van der Waals surface area contributed by atoms with Gasteiger partial charge in [0, 0.05) is 31.5 Å². The highest BCUT2D eigenvalue weighted by Crippen LogP contribution is 2.35. The second kappa shape index (κ2) is 11.0. The van der Waals surface area contributed by atoms with Gasteiger partial charge in [-0.2, -0.15) is 0 Å². The smallest absolute Gasteiger partial charge is 0.255 e. The third-order valence-corrected chi connectivity index (χ3v) is 6.87. The van der Waals surface area contributed by atoms with E-state index in [-0.39, 0.29) is 17.2 Å². The summed E-state index contributed by atoms with van der Waals surface area (Å²) >= 11 is 0. The fourth-order valence-corrected chi connectivity index (χ4v) is 4.77. The summed E-state index contributed by atoms with van der Waals surface area (Å²) in [5, 5.41) is 3.15. The van der Waals surface area contributed by atoms with Gasteiger partial charge in [-0.05, 0) is 42.5 Å². The Morgan fingerprint density at radius 2 is 1.50 bits per heavy atom. The van der Waals surface area contributed by atoms with Crippen LogP contribution in [0.1, 0.15) is 40.7 Å². The maximum absolute atomic E-state index is 13.0. The lowest BCUT2D eigenvalue weighted by Gasteiger charge is -2.42. The molecule has 1 aliphatic rings. The summed E-state index contributed by atoms with van der Waals surface area (Å²) < 4.78 is 5.36. The molecule has 3 aromatic carbocycles. The summed E-state index contributed by atoms with van der Waals surface area (Å²) in [4.78, 5) is 27.8. The molecule has 34 heavy (non-hydrogen) atoms. The van der Waals surface area contributed by atoms with E-state index in [1.807, 2.05) is 53.4 Å². The minimum absolute atomic E-state index is 0.144. The van der Waals surface area contributed by atoms with Gasteiger partial charge in [-0.3, -0.25) is 9.59 Å². The monoisotopic (exact) mass is 456 g/mol.